The van der Waals surface area contributed by atoms with E-state index in [0.29, 0.717) is 26.1 Å². The highest BCUT2D eigenvalue weighted by molar-refractivity contribution is 5.77. The number of carbonyl (C=O) groups is 2. The second-order valence-corrected chi connectivity index (χ2v) is 5.98. The minimum absolute atomic E-state index is 0.0987. The molecule has 1 saturated heterocycles. The topological polar surface area (TPSA) is 60.9 Å². The Morgan fingerprint density at radius 2 is 2.11 bits per heavy atom. The second-order valence-electron chi connectivity index (χ2n) is 5.98. The lowest BCUT2D eigenvalue weighted by molar-refractivity contribution is -0.143. The first-order valence-electron chi connectivity index (χ1n) is 6.67. The largest absolute Gasteiger partial charge is 0.481 e. The number of carbonyl (C=O) groups excluding carboxylic acids is 1. The van der Waals surface area contributed by atoms with Crippen LogP contribution in [0, 0.1) is 5.92 Å². The molecule has 0 aliphatic carbocycles. The van der Waals surface area contributed by atoms with Crippen molar-refractivity contribution in [3.8, 4) is 0 Å². The molecule has 0 saturated carbocycles. The summed E-state index contributed by atoms with van der Waals surface area (Å²) in [5, 5.41) is 9.07. The quantitative estimate of drug-likeness (QED) is 0.798. The highest BCUT2D eigenvalue weighted by Crippen LogP contribution is 2.21. The number of amides is 2. The zero-order valence-electron chi connectivity index (χ0n) is 12.1. The van der Waals surface area contributed by atoms with Crippen LogP contribution in [0.25, 0.3) is 0 Å². The van der Waals surface area contributed by atoms with Gasteiger partial charge in [0, 0.05) is 25.2 Å². The maximum atomic E-state index is 12.5. The van der Waals surface area contributed by atoms with Gasteiger partial charge in [0.15, 0.2) is 0 Å². The number of likely N-dealkylation sites (tertiary alicyclic amines) is 1. The van der Waals surface area contributed by atoms with Gasteiger partial charge in [0.05, 0.1) is 5.92 Å². The predicted octanol–water partition coefficient (Wildman–Crippen LogP) is 2.19. The van der Waals surface area contributed by atoms with Crippen LogP contribution in [0.4, 0.5) is 4.79 Å². The molecule has 5 heteroatoms. The standard InChI is InChI=1S/C14H24N2O3/c1-5-8-16(14(2,3)4)13(19)15-9-6-7-11(10-15)12(17)18/h5,11H,1,6-10H2,2-4H3,(H,17,18). The van der Waals surface area contributed by atoms with Gasteiger partial charge in [-0.05, 0) is 33.6 Å². The summed E-state index contributed by atoms with van der Waals surface area (Å²) in [7, 11) is 0. The fourth-order valence-corrected chi connectivity index (χ4v) is 2.29. The molecule has 0 spiro atoms. The summed E-state index contributed by atoms with van der Waals surface area (Å²) in [5.41, 5.74) is -0.304. The molecular formula is C14H24N2O3. The third-order valence-electron chi connectivity index (χ3n) is 3.39. The zero-order chi connectivity index (χ0) is 14.6. The molecule has 0 aromatic heterocycles. The number of carboxylic acid groups (broad SMARTS) is 1. The van der Waals surface area contributed by atoms with E-state index in [1.54, 1.807) is 15.9 Å². The average Bonchev–Trinajstić information content (AvgIpc) is 2.34. The van der Waals surface area contributed by atoms with Crippen LogP contribution in [0.15, 0.2) is 12.7 Å². The van der Waals surface area contributed by atoms with Crippen LogP contribution in [0.2, 0.25) is 0 Å². The maximum Gasteiger partial charge on any atom is 0.320 e. The van der Waals surface area contributed by atoms with E-state index in [1.165, 1.54) is 0 Å². The Labute approximate surface area is 114 Å². The molecule has 1 N–H and O–H groups in total. The molecular weight excluding hydrogens is 244 g/mol. The van der Waals surface area contributed by atoms with Crippen molar-refractivity contribution >= 4 is 12.0 Å². The second kappa shape index (κ2) is 6.08. The number of piperidine rings is 1. The number of aliphatic carboxylic acids is 1. The van der Waals surface area contributed by atoms with Crippen molar-refractivity contribution < 1.29 is 14.7 Å². The number of nitrogens with zero attached hydrogens (tertiary/aromatic N) is 2. The lowest BCUT2D eigenvalue weighted by atomic mass is 9.98. The van der Waals surface area contributed by atoms with Gasteiger partial charge in [0.2, 0.25) is 0 Å². The summed E-state index contributed by atoms with van der Waals surface area (Å²) in [5.74, 6) is -1.26. The summed E-state index contributed by atoms with van der Waals surface area (Å²) in [6.45, 7) is 11.0. The van der Waals surface area contributed by atoms with Crippen molar-refractivity contribution in [2.24, 2.45) is 5.92 Å². The Morgan fingerprint density at radius 3 is 2.58 bits per heavy atom. The molecule has 0 aromatic rings. The van der Waals surface area contributed by atoms with Crippen LogP contribution in [0.1, 0.15) is 33.6 Å². The normalized spacial score (nSPS) is 19.9. The molecule has 0 bridgehead atoms. The Hall–Kier alpha value is -1.52. The summed E-state index contributed by atoms with van der Waals surface area (Å²) in [6, 6.07) is -0.0987. The van der Waals surface area contributed by atoms with Gasteiger partial charge < -0.3 is 14.9 Å². The smallest absolute Gasteiger partial charge is 0.320 e. The van der Waals surface area contributed by atoms with Crippen molar-refractivity contribution in [1.82, 2.24) is 9.80 Å². The van der Waals surface area contributed by atoms with Crippen LogP contribution in [0.3, 0.4) is 0 Å². The van der Waals surface area contributed by atoms with Crippen LogP contribution < -0.4 is 0 Å². The fourth-order valence-electron chi connectivity index (χ4n) is 2.29. The van der Waals surface area contributed by atoms with Crippen molar-refractivity contribution in [2.45, 2.75) is 39.2 Å². The van der Waals surface area contributed by atoms with Gasteiger partial charge in [-0.15, -0.1) is 6.58 Å². The Balaban J connectivity index is 2.79. The van der Waals surface area contributed by atoms with Crippen molar-refractivity contribution in [2.75, 3.05) is 19.6 Å². The van der Waals surface area contributed by atoms with Crippen LogP contribution in [0.5, 0.6) is 0 Å². The monoisotopic (exact) mass is 268 g/mol. The summed E-state index contributed by atoms with van der Waals surface area (Å²) < 4.78 is 0. The van der Waals surface area contributed by atoms with E-state index >= 15 is 0 Å². The van der Waals surface area contributed by atoms with Gasteiger partial charge in [-0.25, -0.2) is 4.79 Å². The lowest BCUT2D eigenvalue weighted by Gasteiger charge is -2.41. The third kappa shape index (κ3) is 3.98. The molecule has 1 fully saturated rings. The van der Waals surface area contributed by atoms with Gasteiger partial charge in [-0.2, -0.15) is 0 Å². The van der Waals surface area contributed by atoms with E-state index in [2.05, 4.69) is 6.58 Å². The molecule has 19 heavy (non-hydrogen) atoms. The molecule has 108 valence electrons. The molecule has 1 aliphatic heterocycles. The molecule has 5 nitrogen and oxygen atoms in total. The first-order valence-corrected chi connectivity index (χ1v) is 6.67. The Kier molecular flexibility index (Phi) is 4.97. The molecule has 1 atom stereocenters. The molecule has 1 unspecified atom stereocenters. The molecule has 0 aromatic carbocycles. The van der Waals surface area contributed by atoms with Gasteiger partial charge in [0.1, 0.15) is 0 Å². The molecule has 1 rings (SSSR count). The first kappa shape index (κ1) is 15.5. The van der Waals surface area contributed by atoms with Crippen LogP contribution in [-0.4, -0.2) is 52.1 Å². The van der Waals surface area contributed by atoms with E-state index in [-0.39, 0.29) is 11.6 Å². The van der Waals surface area contributed by atoms with E-state index in [9.17, 15) is 9.59 Å². The summed E-state index contributed by atoms with van der Waals surface area (Å²) in [6.07, 6.45) is 3.09. The van der Waals surface area contributed by atoms with Gasteiger partial charge in [-0.1, -0.05) is 6.08 Å². The fraction of sp³-hybridized carbons (Fsp3) is 0.714. The number of carboxylic acids is 1. The van der Waals surface area contributed by atoms with E-state index < -0.39 is 11.9 Å². The van der Waals surface area contributed by atoms with Crippen molar-refractivity contribution in [1.29, 1.82) is 0 Å². The number of hydrogen-bond donors (Lipinski definition) is 1. The number of urea groups is 1. The lowest BCUT2D eigenvalue weighted by Crippen LogP contribution is -2.54. The SMILES string of the molecule is C=CCN(C(=O)N1CCCC(C(=O)O)C1)C(C)(C)C. The highest BCUT2D eigenvalue weighted by Gasteiger charge is 2.33. The Morgan fingerprint density at radius 1 is 1.47 bits per heavy atom. The zero-order valence-corrected chi connectivity index (χ0v) is 12.1. The van der Waals surface area contributed by atoms with Crippen molar-refractivity contribution in [3.63, 3.8) is 0 Å². The molecule has 1 heterocycles. The van der Waals surface area contributed by atoms with Gasteiger partial charge >= 0.3 is 12.0 Å². The Bertz CT molecular complexity index is 360. The third-order valence-corrected chi connectivity index (χ3v) is 3.39. The molecule has 0 radical (unpaired) electrons. The average molecular weight is 268 g/mol. The maximum absolute atomic E-state index is 12.5. The van der Waals surface area contributed by atoms with Gasteiger partial charge in [0.25, 0.3) is 0 Å². The van der Waals surface area contributed by atoms with Crippen LogP contribution >= 0.6 is 0 Å². The molecule has 1 aliphatic rings. The number of rotatable bonds is 3. The van der Waals surface area contributed by atoms with Crippen molar-refractivity contribution in [3.05, 3.63) is 12.7 Å². The van der Waals surface area contributed by atoms with Gasteiger partial charge in [-0.3, -0.25) is 4.79 Å². The van der Waals surface area contributed by atoms with E-state index in [0.717, 1.165) is 6.42 Å². The highest BCUT2D eigenvalue weighted by atomic mass is 16.4. The summed E-state index contributed by atoms with van der Waals surface area (Å²) >= 11 is 0. The first-order chi connectivity index (χ1) is 8.77. The van der Waals surface area contributed by atoms with E-state index in [4.69, 9.17) is 5.11 Å². The van der Waals surface area contributed by atoms with E-state index in [1.807, 2.05) is 20.8 Å². The minimum Gasteiger partial charge on any atom is -0.481 e. The van der Waals surface area contributed by atoms with Crippen LogP contribution in [-0.2, 0) is 4.79 Å². The number of hydrogen-bond acceptors (Lipinski definition) is 2. The molecule has 2 amide bonds. The minimum atomic E-state index is -0.816. The summed E-state index contributed by atoms with van der Waals surface area (Å²) in [4.78, 5) is 26.9. The predicted molar refractivity (Wildman–Crippen MR) is 74.0 cm³/mol.